The summed E-state index contributed by atoms with van der Waals surface area (Å²) in [6, 6.07) is 5.81. The second-order valence-corrected chi connectivity index (χ2v) is 3.85. The number of fused-ring (bicyclic) bond motifs is 1. The first-order valence-corrected chi connectivity index (χ1v) is 5.52. The average molecular weight is 270 g/mol. The fourth-order valence-electron chi connectivity index (χ4n) is 1.70. The molecule has 8 heteroatoms. The third-order valence-electron chi connectivity index (χ3n) is 2.59. The molecule has 20 heavy (non-hydrogen) atoms. The van der Waals surface area contributed by atoms with Crippen molar-refractivity contribution in [2.24, 2.45) is 0 Å². The Labute approximate surface area is 111 Å². The number of halogens is 1. The molecule has 0 bridgehead atoms. The quantitative estimate of drug-likeness (QED) is 0.733. The van der Waals surface area contributed by atoms with Crippen LogP contribution >= 0.6 is 0 Å². The summed E-state index contributed by atoms with van der Waals surface area (Å²) < 4.78 is 19.0. The molecule has 7 nitrogen and oxygen atoms in total. The van der Waals surface area contributed by atoms with Crippen LogP contribution in [-0.2, 0) is 0 Å². The summed E-state index contributed by atoms with van der Waals surface area (Å²) in [7, 11) is 0. The van der Waals surface area contributed by atoms with E-state index in [4.69, 9.17) is 15.7 Å². The van der Waals surface area contributed by atoms with Gasteiger partial charge in [-0.15, -0.1) is 0 Å². The lowest BCUT2D eigenvalue weighted by Crippen LogP contribution is -1.99. The van der Waals surface area contributed by atoms with E-state index in [1.807, 2.05) is 0 Å². The van der Waals surface area contributed by atoms with Crippen LogP contribution in [0.15, 0.2) is 24.4 Å². The Morgan fingerprint density at radius 1 is 1.35 bits per heavy atom. The number of nitrogens with two attached hydrogens (primary N) is 1. The van der Waals surface area contributed by atoms with Gasteiger partial charge in [0.25, 0.3) is 0 Å². The predicted molar refractivity (Wildman–Crippen MR) is 67.3 cm³/mol. The predicted octanol–water partition coefficient (Wildman–Crippen LogP) is 1.74. The lowest BCUT2D eigenvalue weighted by molar-refractivity contribution is 0.462. The number of hydrogen-bond donors (Lipinski definition) is 2. The maximum absolute atomic E-state index is 13.5. The largest absolute Gasteiger partial charge is 0.437 e. The number of hydrogen-bond acceptors (Lipinski definition) is 6. The van der Waals surface area contributed by atoms with Gasteiger partial charge in [0.2, 0.25) is 11.8 Å². The number of nitrogens with one attached hydrogen (secondary N) is 1. The Bertz CT molecular complexity index is 838. The van der Waals surface area contributed by atoms with Crippen molar-refractivity contribution >= 4 is 17.0 Å². The number of nitrogens with zero attached hydrogens (tertiary/aromatic N) is 4. The molecule has 0 aliphatic heterocycles. The van der Waals surface area contributed by atoms with E-state index in [2.05, 4.69) is 20.2 Å². The lowest BCUT2D eigenvalue weighted by atomic mass is 10.2. The first kappa shape index (κ1) is 11.9. The molecular formula is C12H7FN6O. The fraction of sp³-hybridized carbons (Fsp3) is 0. The van der Waals surface area contributed by atoms with Gasteiger partial charge in [-0.3, -0.25) is 5.10 Å². The number of nitriles is 1. The first-order valence-electron chi connectivity index (χ1n) is 5.52. The van der Waals surface area contributed by atoms with Crippen molar-refractivity contribution < 1.29 is 9.13 Å². The number of aromatic amines is 1. The van der Waals surface area contributed by atoms with E-state index >= 15 is 0 Å². The Morgan fingerprint density at radius 3 is 3.00 bits per heavy atom. The lowest BCUT2D eigenvalue weighted by Gasteiger charge is -2.07. The molecule has 0 fully saturated rings. The standard InChI is InChI=1S/C12H7FN6O/c13-8-2-1-3-9(6(8)4-14)20-11-7-5-16-19-10(7)17-12(15)18-11/h1-3,5H,(H3,15,16,17,18,19). The summed E-state index contributed by atoms with van der Waals surface area (Å²) in [6.45, 7) is 0. The molecular weight excluding hydrogens is 263 g/mol. The number of anilines is 1. The van der Waals surface area contributed by atoms with Gasteiger partial charge in [0, 0.05) is 0 Å². The molecule has 0 spiro atoms. The number of rotatable bonds is 2. The van der Waals surface area contributed by atoms with Crippen molar-refractivity contribution in [3.8, 4) is 17.7 Å². The Balaban J connectivity index is 2.13. The molecule has 0 radical (unpaired) electrons. The van der Waals surface area contributed by atoms with Crippen LogP contribution in [0.3, 0.4) is 0 Å². The third-order valence-corrected chi connectivity index (χ3v) is 2.59. The van der Waals surface area contributed by atoms with Crippen molar-refractivity contribution in [1.29, 1.82) is 5.26 Å². The Morgan fingerprint density at radius 2 is 2.20 bits per heavy atom. The van der Waals surface area contributed by atoms with Crippen molar-refractivity contribution in [2.75, 3.05) is 5.73 Å². The van der Waals surface area contributed by atoms with E-state index in [1.165, 1.54) is 24.4 Å². The van der Waals surface area contributed by atoms with Gasteiger partial charge in [-0.25, -0.2) is 4.39 Å². The van der Waals surface area contributed by atoms with Gasteiger partial charge in [0.1, 0.15) is 28.6 Å². The summed E-state index contributed by atoms with van der Waals surface area (Å²) in [5, 5.41) is 15.9. The van der Waals surface area contributed by atoms with Crippen molar-refractivity contribution in [3.05, 3.63) is 35.8 Å². The fourth-order valence-corrected chi connectivity index (χ4v) is 1.70. The summed E-state index contributed by atoms with van der Waals surface area (Å²) in [6.07, 6.45) is 1.45. The highest BCUT2D eigenvalue weighted by Gasteiger charge is 2.14. The van der Waals surface area contributed by atoms with Crippen LogP contribution in [0.5, 0.6) is 11.6 Å². The average Bonchev–Trinajstić information content (AvgIpc) is 2.87. The van der Waals surface area contributed by atoms with E-state index < -0.39 is 5.82 Å². The molecule has 2 aromatic heterocycles. The summed E-state index contributed by atoms with van der Waals surface area (Å²) in [4.78, 5) is 7.85. The third kappa shape index (κ3) is 1.87. The van der Waals surface area contributed by atoms with Crippen LogP contribution in [0, 0.1) is 17.1 Å². The maximum Gasteiger partial charge on any atom is 0.235 e. The van der Waals surface area contributed by atoms with Gasteiger partial charge in [-0.2, -0.15) is 20.3 Å². The molecule has 2 heterocycles. The zero-order valence-electron chi connectivity index (χ0n) is 9.96. The monoisotopic (exact) mass is 270 g/mol. The van der Waals surface area contributed by atoms with Gasteiger partial charge < -0.3 is 10.5 Å². The summed E-state index contributed by atoms with van der Waals surface area (Å²) in [5.74, 6) is -0.543. The molecule has 0 amide bonds. The van der Waals surface area contributed by atoms with Crippen molar-refractivity contribution in [1.82, 2.24) is 20.2 Å². The molecule has 0 saturated carbocycles. The Kier molecular flexibility index (Phi) is 2.65. The normalized spacial score (nSPS) is 10.4. The molecule has 98 valence electrons. The van der Waals surface area contributed by atoms with Crippen LogP contribution in [0.4, 0.5) is 10.3 Å². The highest BCUT2D eigenvalue weighted by Crippen LogP contribution is 2.29. The zero-order valence-corrected chi connectivity index (χ0v) is 9.96. The molecule has 0 atom stereocenters. The van der Waals surface area contributed by atoms with E-state index in [0.29, 0.717) is 11.0 Å². The summed E-state index contributed by atoms with van der Waals surface area (Å²) in [5.41, 5.74) is 5.73. The van der Waals surface area contributed by atoms with Crippen molar-refractivity contribution in [2.45, 2.75) is 0 Å². The van der Waals surface area contributed by atoms with Crippen LogP contribution in [-0.4, -0.2) is 20.2 Å². The van der Waals surface area contributed by atoms with Crippen LogP contribution in [0.2, 0.25) is 0 Å². The highest BCUT2D eigenvalue weighted by molar-refractivity contribution is 5.80. The van der Waals surface area contributed by atoms with Gasteiger partial charge in [0.05, 0.1) is 6.20 Å². The molecule has 1 aromatic carbocycles. The van der Waals surface area contributed by atoms with Crippen molar-refractivity contribution in [3.63, 3.8) is 0 Å². The second-order valence-electron chi connectivity index (χ2n) is 3.85. The molecule has 3 rings (SSSR count). The van der Waals surface area contributed by atoms with E-state index in [-0.39, 0.29) is 23.1 Å². The minimum atomic E-state index is -0.671. The zero-order chi connectivity index (χ0) is 14.1. The van der Waals surface area contributed by atoms with E-state index in [1.54, 1.807) is 6.07 Å². The highest BCUT2D eigenvalue weighted by atomic mass is 19.1. The van der Waals surface area contributed by atoms with Crippen LogP contribution in [0.25, 0.3) is 11.0 Å². The van der Waals surface area contributed by atoms with Crippen LogP contribution in [0.1, 0.15) is 5.56 Å². The van der Waals surface area contributed by atoms with Gasteiger partial charge >= 0.3 is 0 Å². The number of benzene rings is 1. The number of nitrogen functional groups attached to an aromatic ring is 1. The second kappa shape index (κ2) is 4.47. The topological polar surface area (TPSA) is 113 Å². The Hall–Kier alpha value is -3.21. The summed E-state index contributed by atoms with van der Waals surface area (Å²) >= 11 is 0. The molecule has 0 aliphatic rings. The maximum atomic E-state index is 13.5. The SMILES string of the molecule is N#Cc1c(F)cccc1Oc1nc(N)nc2[nH]ncc12. The van der Waals surface area contributed by atoms with E-state index in [9.17, 15) is 4.39 Å². The molecule has 0 aliphatic carbocycles. The van der Waals surface area contributed by atoms with Gasteiger partial charge in [-0.1, -0.05) is 6.07 Å². The molecule has 0 unspecified atom stereocenters. The van der Waals surface area contributed by atoms with Gasteiger partial charge in [0.15, 0.2) is 5.65 Å². The molecule has 3 N–H and O–H groups in total. The number of aromatic nitrogens is 4. The minimum absolute atomic E-state index is 0.0216. The smallest absolute Gasteiger partial charge is 0.235 e. The van der Waals surface area contributed by atoms with Gasteiger partial charge in [-0.05, 0) is 12.1 Å². The molecule has 3 aromatic rings. The molecule has 0 saturated heterocycles. The minimum Gasteiger partial charge on any atom is -0.437 e. The number of ether oxygens (including phenoxy) is 1. The van der Waals surface area contributed by atoms with E-state index in [0.717, 1.165) is 0 Å². The first-order chi connectivity index (χ1) is 9.69. The van der Waals surface area contributed by atoms with Crippen LogP contribution < -0.4 is 10.5 Å². The number of H-pyrrole nitrogens is 1.